The lowest BCUT2D eigenvalue weighted by atomic mass is 10.1. The van der Waals surface area contributed by atoms with Gasteiger partial charge in [-0.1, -0.05) is 30.3 Å². The van der Waals surface area contributed by atoms with E-state index in [9.17, 15) is 0 Å². The first-order chi connectivity index (χ1) is 11.2. The molecule has 2 aromatic heterocycles. The van der Waals surface area contributed by atoms with Gasteiger partial charge in [-0.15, -0.1) is 0 Å². The van der Waals surface area contributed by atoms with Gasteiger partial charge in [0.1, 0.15) is 11.3 Å². The summed E-state index contributed by atoms with van der Waals surface area (Å²) in [6, 6.07) is 8.35. The number of para-hydroxylation sites is 1. The number of aryl methyl sites for hydroxylation is 1. The molecule has 5 heteroatoms. The van der Waals surface area contributed by atoms with E-state index in [1.165, 1.54) is 0 Å². The second-order valence-corrected chi connectivity index (χ2v) is 5.56. The maximum atomic E-state index is 5.88. The molecule has 120 valence electrons. The molecule has 2 heterocycles. The van der Waals surface area contributed by atoms with Gasteiger partial charge in [0.15, 0.2) is 5.82 Å². The van der Waals surface area contributed by atoms with Gasteiger partial charge < -0.3 is 14.3 Å². The topological polar surface area (TPSA) is 64.1 Å². The molecule has 5 nitrogen and oxygen atoms in total. The fraction of sp³-hybridized carbons (Fsp3) is 0.333. The Morgan fingerprint density at radius 2 is 2.09 bits per heavy atom. The van der Waals surface area contributed by atoms with Gasteiger partial charge in [0.2, 0.25) is 0 Å². The monoisotopic (exact) mass is 311 g/mol. The number of benzene rings is 1. The summed E-state index contributed by atoms with van der Waals surface area (Å²) in [4.78, 5) is 4.40. The minimum atomic E-state index is 0.314. The van der Waals surface area contributed by atoms with Crippen molar-refractivity contribution in [1.29, 1.82) is 0 Å². The van der Waals surface area contributed by atoms with Crippen molar-refractivity contribution in [3.8, 4) is 0 Å². The molecule has 3 rings (SSSR count). The van der Waals surface area contributed by atoms with Crippen molar-refractivity contribution in [1.82, 2.24) is 15.5 Å². The van der Waals surface area contributed by atoms with Crippen LogP contribution in [0.5, 0.6) is 0 Å². The van der Waals surface area contributed by atoms with Crippen LogP contribution in [0, 0.1) is 0 Å². The summed E-state index contributed by atoms with van der Waals surface area (Å²) in [5.74, 6) is 2.18. The summed E-state index contributed by atoms with van der Waals surface area (Å²) >= 11 is 0. The molecule has 0 radical (unpaired) electrons. The average Bonchev–Trinajstić information content (AvgIpc) is 3.16. The van der Waals surface area contributed by atoms with E-state index in [0.29, 0.717) is 17.8 Å². The van der Waals surface area contributed by atoms with Gasteiger partial charge >= 0.3 is 0 Å². The summed E-state index contributed by atoms with van der Waals surface area (Å²) in [7, 11) is 1.92. The quantitative estimate of drug-likeness (QED) is 0.752. The van der Waals surface area contributed by atoms with Gasteiger partial charge in [0.05, 0.1) is 0 Å². The van der Waals surface area contributed by atoms with Crippen LogP contribution in [-0.2, 0) is 12.8 Å². The van der Waals surface area contributed by atoms with Crippen LogP contribution in [0.15, 0.2) is 33.2 Å². The smallest absolute Gasteiger partial charge is 0.250 e. The van der Waals surface area contributed by atoms with E-state index < -0.39 is 0 Å². The molecular formula is C18H21N3O2. The zero-order valence-corrected chi connectivity index (χ0v) is 13.7. The Hall–Kier alpha value is -2.40. The van der Waals surface area contributed by atoms with E-state index in [2.05, 4.69) is 35.4 Å². The molecule has 0 bridgehead atoms. The third-order valence-electron chi connectivity index (χ3n) is 3.89. The van der Waals surface area contributed by atoms with Gasteiger partial charge in [0.25, 0.3) is 5.89 Å². The van der Waals surface area contributed by atoms with E-state index in [1.807, 2.05) is 37.4 Å². The SMILES string of the molecule is CCc1oc2ccccc2c1/C=C/c1nc(CC(C)NC)no1. The van der Waals surface area contributed by atoms with Crippen LogP contribution in [0.25, 0.3) is 23.1 Å². The lowest BCUT2D eigenvalue weighted by molar-refractivity contribution is 0.400. The number of likely N-dealkylation sites (N-methyl/N-ethyl adjacent to an activating group) is 1. The molecule has 0 amide bonds. The van der Waals surface area contributed by atoms with E-state index in [4.69, 9.17) is 8.94 Å². The second-order valence-electron chi connectivity index (χ2n) is 5.56. The molecular weight excluding hydrogens is 290 g/mol. The Balaban J connectivity index is 1.85. The average molecular weight is 311 g/mol. The summed E-state index contributed by atoms with van der Waals surface area (Å²) < 4.78 is 11.2. The zero-order valence-electron chi connectivity index (χ0n) is 13.7. The van der Waals surface area contributed by atoms with Crippen LogP contribution in [-0.4, -0.2) is 23.2 Å². The first-order valence-electron chi connectivity index (χ1n) is 7.89. The number of hydrogen-bond donors (Lipinski definition) is 1. The molecule has 1 atom stereocenters. The molecule has 0 aliphatic heterocycles. The number of nitrogens with zero attached hydrogens (tertiary/aromatic N) is 2. The molecule has 0 fully saturated rings. The van der Waals surface area contributed by atoms with Crippen molar-refractivity contribution in [3.63, 3.8) is 0 Å². The number of aromatic nitrogens is 2. The molecule has 1 unspecified atom stereocenters. The van der Waals surface area contributed by atoms with Crippen molar-refractivity contribution in [2.75, 3.05) is 7.05 Å². The number of rotatable bonds is 6. The van der Waals surface area contributed by atoms with Crippen LogP contribution in [0.3, 0.4) is 0 Å². The van der Waals surface area contributed by atoms with Crippen LogP contribution in [0.4, 0.5) is 0 Å². The Morgan fingerprint density at radius 1 is 1.26 bits per heavy atom. The predicted octanol–water partition coefficient (Wildman–Crippen LogP) is 3.70. The number of nitrogens with one attached hydrogen (secondary N) is 1. The summed E-state index contributed by atoms with van der Waals surface area (Å²) in [6.45, 7) is 4.16. The molecule has 23 heavy (non-hydrogen) atoms. The zero-order chi connectivity index (χ0) is 16.2. The van der Waals surface area contributed by atoms with Gasteiger partial charge in [-0.05, 0) is 26.1 Å². The minimum absolute atomic E-state index is 0.314. The fourth-order valence-electron chi connectivity index (χ4n) is 2.51. The number of furan rings is 1. The Bertz CT molecular complexity index is 817. The van der Waals surface area contributed by atoms with Crippen molar-refractivity contribution >= 4 is 23.1 Å². The van der Waals surface area contributed by atoms with Crippen LogP contribution >= 0.6 is 0 Å². The van der Waals surface area contributed by atoms with Crippen molar-refractivity contribution in [2.45, 2.75) is 32.7 Å². The van der Waals surface area contributed by atoms with Crippen molar-refractivity contribution < 1.29 is 8.94 Å². The summed E-state index contributed by atoms with van der Waals surface area (Å²) in [5, 5.41) is 8.27. The molecule has 1 N–H and O–H groups in total. The Labute approximate surface area is 135 Å². The highest BCUT2D eigenvalue weighted by Gasteiger charge is 2.11. The second kappa shape index (κ2) is 6.79. The minimum Gasteiger partial charge on any atom is -0.460 e. The van der Waals surface area contributed by atoms with Crippen molar-refractivity contribution in [2.24, 2.45) is 0 Å². The predicted molar refractivity (Wildman–Crippen MR) is 91.0 cm³/mol. The lowest BCUT2D eigenvalue weighted by Crippen LogP contribution is -2.24. The lowest BCUT2D eigenvalue weighted by Gasteiger charge is -2.04. The maximum absolute atomic E-state index is 5.88. The fourth-order valence-corrected chi connectivity index (χ4v) is 2.51. The van der Waals surface area contributed by atoms with Gasteiger partial charge in [-0.2, -0.15) is 4.98 Å². The van der Waals surface area contributed by atoms with E-state index in [-0.39, 0.29) is 0 Å². The Kier molecular flexibility index (Phi) is 4.57. The largest absolute Gasteiger partial charge is 0.460 e. The summed E-state index contributed by atoms with van der Waals surface area (Å²) in [6.07, 6.45) is 5.41. The normalized spacial score (nSPS) is 13.2. The van der Waals surface area contributed by atoms with E-state index in [1.54, 1.807) is 0 Å². The molecule has 0 saturated heterocycles. The molecule has 0 saturated carbocycles. The van der Waals surface area contributed by atoms with E-state index in [0.717, 1.165) is 35.1 Å². The first-order valence-corrected chi connectivity index (χ1v) is 7.89. The standard InChI is InChI=1S/C18H21N3O2/c1-4-15-14(13-7-5-6-8-16(13)22-15)9-10-18-20-17(21-23-18)11-12(2)19-3/h5-10,12,19H,4,11H2,1-3H3/b10-9+. The highest BCUT2D eigenvalue weighted by Crippen LogP contribution is 2.27. The number of hydrogen-bond acceptors (Lipinski definition) is 5. The van der Waals surface area contributed by atoms with E-state index >= 15 is 0 Å². The molecule has 0 aliphatic rings. The maximum Gasteiger partial charge on any atom is 0.250 e. The summed E-state index contributed by atoms with van der Waals surface area (Å²) in [5.41, 5.74) is 1.98. The molecule has 3 aromatic rings. The number of fused-ring (bicyclic) bond motifs is 1. The third kappa shape index (κ3) is 3.35. The molecule has 0 spiro atoms. The van der Waals surface area contributed by atoms with Gasteiger partial charge in [-0.25, -0.2) is 0 Å². The third-order valence-corrected chi connectivity index (χ3v) is 3.89. The highest BCUT2D eigenvalue weighted by molar-refractivity contribution is 5.90. The van der Waals surface area contributed by atoms with Gasteiger partial charge in [0, 0.05) is 35.9 Å². The van der Waals surface area contributed by atoms with Crippen LogP contribution in [0.1, 0.15) is 36.9 Å². The van der Waals surface area contributed by atoms with Crippen LogP contribution < -0.4 is 5.32 Å². The van der Waals surface area contributed by atoms with Crippen molar-refractivity contribution in [3.05, 3.63) is 47.3 Å². The Morgan fingerprint density at radius 3 is 2.87 bits per heavy atom. The molecule has 0 aliphatic carbocycles. The molecule has 1 aromatic carbocycles. The van der Waals surface area contributed by atoms with Crippen LogP contribution in [0.2, 0.25) is 0 Å². The highest BCUT2D eigenvalue weighted by atomic mass is 16.5. The van der Waals surface area contributed by atoms with Gasteiger partial charge in [-0.3, -0.25) is 0 Å². The first kappa shape index (κ1) is 15.5.